The van der Waals surface area contributed by atoms with Crippen molar-refractivity contribution in [1.82, 2.24) is 11.0 Å². The predicted octanol–water partition coefficient (Wildman–Crippen LogP) is 13.5. The van der Waals surface area contributed by atoms with Gasteiger partial charge in [-0.25, -0.2) is 28.5 Å². The van der Waals surface area contributed by atoms with Crippen LogP contribution >= 0.6 is 65.0 Å². The molecule has 4 aromatic carbocycles. The van der Waals surface area contributed by atoms with Gasteiger partial charge in [0.2, 0.25) is 0 Å². The highest BCUT2D eigenvalue weighted by Gasteiger charge is 2.26. The van der Waals surface area contributed by atoms with Crippen LogP contribution in [0.1, 0.15) is 91.5 Å². The zero-order chi connectivity index (χ0) is 49.6. The van der Waals surface area contributed by atoms with Crippen molar-refractivity contribution in [2.75, 3.05) is 49.1 Å². The first-order valence-electron chi connectivity index (χ1n) is 21.6. The molecule has 0 radical (unpaired) electrons. The summed E-state index contributed by atoms with van der Waals surface area (Å²) in [6.07, 6.45) is 12.1. The van der Waals surface area contributed by atoms with Gasteiger partial charge in [0.05, 0.1) is 76.5 Å². The zero-order valence-corrected chi connectivity index (χ0v) is 42.6. The van der Waals surface area contributed by atoms with Gasteiger partial charge >= 0.3 is 7.60 Å². The van der Waals surface area contributed by atoms with Crippen LogP contribution in [0.4, 0.5) is 40.3 Å². The van der Waals surface area contributed by atoms with Crippen LogP contribution in [0.15, 0.2) is 60.7 Å². The minimum atomic E-state index is -3.10. The summed E-state index contributed by atoms with van der Waals surface area (Å²) in [5, 5.41) is 5.94. The molecule has 4 N–H and O–H groups in total. The highest BCUT2D eigenvalue weighted by atomic mass is 127. The third-order valence-electron chi connectivity index (χ3n) is 9.53. The molecule has 0 aliphatic heterocycles. The number of anilines is 4. The van der Waals surface area contributed by atoms with Gasteiger partial charge in [0.25, 0.3) is 11.8 Å². The summed E-state index contributed by atoms with van der Waals surface area (Å²) in [7, 11) is -3.10. The number of unbranched alkanes of at least 4 members (excludes halogenated alkanes) is 2. The van der Waals surface area contributed by atoms with Crippen LogP contribution in [-0.2, 0) is 23.3 Å². The molecule has 0 aromatic heterocycles. The molecule has 0 atom stereocenters. The molecule has 68 heavy (non-hydrogen) atoms. The van der Waals surface area contributed by atoms with Crippen molar-refractivity contribution in [3.63, 3.8) is 0 Å². The molecular formula is C48H51Cl3F4IN4O7P. The Morgan fingerprint density at radius 3 is 1.68 bits per heavy atom. The minimum Gasteiger partial charge on any atom is -0.351 e. The van der Waals surface area contributed by atoms with Gasteiger partial charge in [0.1, 0.15) is 0 Å². The smallest absolute Gasteiger partial charge is 0.330 e. The van der Waals surface area contributed by atoms with Crippen molar-refractivity contribution in [3.05, 3.63) is 114 Å². The van der Waals surface area contributed by atoms with Crippen molar-refractivity contribution in [2.24, 2.45) is 11.8 Å². The molecule has 2 aliphatic carbocycles. The quantitative estimate of drug-likeness (QED) is 0.0122. The molecule has 2 fully saturated rings. The van der Waals surface area contributed by atoms with Gasteiger partial charge in [-0.1, -0.05) is 35.0 Å². The molecule has 2 amide bonds. The predicted molar refractivity (Wildman–Crippen MR) is 268 cm³/mol. The maximum Gasteiger partial charge on any atom is 0.330 e. The second-order valence-corrected chi connectivity index (χ2v) is 19.7. The van der Waals surface area contributed by atoms with Crippen molar-refractivity contribution >= 4 is 99.6 Å². The number of hydroxylamine groups is 2. The number of hydrogen-bond acceptors (Lipinski definition) is 9. The van der Waals surface area contributed by atoms with E-state index in [1.807, 2.05) is 0 Å². The largest absolute Gasteiger partial charge is 0.351 e. The average molecular weight is 1140 g/mol. The van der Waals surface area contributed by atoms with E-state index in [2.05, 4.69) is 61.9 Å². The molecule has 366 valence electrons. The van der Waals surface area contributed by atoms with E-state index in [0.717, 1.165) is 54.2 Å². The lowest BCUT2D eigenvalue weighted by Crippen LogP contribution is -2.26. The van der Waals surface area contributed by atoms with E-state index in [-0.39, 0.29) is 39.4 Å². The van der Waals surface area contributed by atoms with Gasteiger partial charge in [-0.15, -0.1) is 23.9 Å². The lowest BCUT2D eigenvalue weighted by atomic mass is 10.1. The Morgan fingerprint density at radius 1 is 0.750 bits per heavy atom. The molecular weight excluding hydrogens is 1080 g/mol. The number of halogens is 8. The number of amides is 2. The molecule has 2 aliphatic rings. The number of carbonyl (C=O) groups is 2. The number of benzene rings is 4. The van der Waals surface area contributed by atoms with E-state index in [4.69, 9.17) is 59.9 Å². The van der Waals surface area contributed by atoms with E-state index in [1.54, 1.807) is 50.2 Å². The maximum atomic E-state index is 14.6. The first kappa shape index (κ1) is 56.5. The summed E-state index contributed by atoms with van der Waals surface area (Å²) < 4.78 is 80.4. The number of rotatable bonds is 21. The molecule has 11 nitrogen and oxygen atoms in total. The Labute approximate surface area is 423 Å². The average Bonchev–Trinajstić information content (AvgIpc) is 4.26. The Balaban J connectivity index is 0.000000279. The number of terminal acetylenes is 1. The minimum absolute atomic E-state index is 0.0793. The standard InChI is InChI=1S/C26H30ClF2N2O5P.C17H14ClF2IN2O2.C5H7Cl/c1-3-35-37(33,36-4-2)15-7-5-6-8-18-11-14-23(21(27)16-18)30-25-20(12-13-22(28)24(25)29)26(32)31-34-17-19-9-10-19;18-12-7-10(21)3-6-14(12)22-16-11(4-5-13(19)15(16)20)17(24)23-25-8-9-1-2-9;1-2-3-4-5-6/h11-14,16,19,30H,3-5,7,9-10,15,17H2,1-2H3,(H,31,32);3-7,9,22H,1-2,8H2,(H,23,24);1H,3-5H2. The molecule has 2 saturated carbocycles. The normalized spacial score (nSPS) is 12.8. The highest BCUT2D eigenvalue weighted by Crippen LogP contribution is 2.48. The summed E-state index contributed by atoms with van der Waals surface area (Å²) >= 11 is 19.8. The fourth-order valence-corrected chi connectivity index (χ4v) is 8.59. The Hall–Kier alpha value is -4.07. The van der Waals surface area contributed by atoms with Gasteiger partial charge in [0.15, 0.2) is 23.3 Å². The summed E-state index contributed by atoms with van der Waals surface area (Å²) in [5.74, 6) is 4.05. The lowest BCUT2D eigenvalue weighted by molar-refractivity contribution is 0.0268. The van der Waals surface area contributed by atoms with Gasteiger partial charge < -0.3 is 19.7 Å². The number of hydrogen-bond donors (Lipinski definition) is 4. The van der Waals surface area contributed by atoms with Crippen LogP contribution in [-0.4, -0.2) is 50.3 Å². The van der Waals surface area contributed by atoms with E-state index in [0.29, 0.717) is 73.3 Å². The molecule has 0 bridgehead atoms. The van der Waals surface area contributed by atoms with Crippen LogP contribution in [0.3, 0.4) is 0 Å². The van der Waals surface area contributed by atoms with Crippen LogP contribution in [0.2, 0.25) is 10.0 Å². The van der Waals surface area contributed by atoms with Crippen molar-refractivity contribution in [3.8, 4) is 24.2 Å². The van der Waals surface area contributed by atoms with E-state index < -0.39 is 42.7 Å². The Morgan fingerprint density at radius 2 is 1.25 bits per heavy atom. The van der Waals surface area contributed by atoms with Gasteiger partial charge in [-0.2, -0.15) is 0 Å². The lowest BCUT2D eigenvalue weighted by Gasteiger charge is -2.15. The van der Waals surface area contributed by atoms with Crippen molar-refractivity contribution in [1.29, 1.82) is 0 Å². The zero-order valence-electron chi connectivity index (χ0n) is 37.2. The molecule has 0 unspecified atom stereocenters. The van der Waals surface area contributed by atoms with Crippen LogP contribution in [0.5, 0.6) is 0 Å². The maximum absolute atomic E-state index is 14.6. The van der Waals surface area contributed by atoms with E-state index in [1.165, 1.54) is 12.1 Å². The topological polar surface area (TPSA) is 136 Å². The monoisotopic (exact) mass is 1130 g/mol. The summed E-state index contributed by atoms with van der Waals surface area (Å²) in [6, 6.07) is 14.0. The molecule has 20 heteroatoms. The Bertz CT molecular complexity index is 2490. The van der Waals surface area contributed by atoms with Crippen LogP contribution < -0.4 is 21.6 Å². The fourth-order valence-electron chi connectivity index (χ4n) is 5.66. The number of alkyl halides is 1. The van der Waals surface area contributed by atoms with E-state index >= 15 is 0 Å². The summed E-state index contributed by atoms with van der Waals surface area (Å²) in [6.45, 7) is 4.91. The Kier molecular flexibility index (Phi) is 24.3. The first-order chi connectivity index (χ1) is 32.6. The molecule has 4 aromatic rings. The number of nitrogens with one attached hydrogen (secondary N) is 4. The molecule has 0 saturated heterocycles. The second-order valence-electron chi connectivity index (χ2n) is 15.1. The van der Waals surface area contributed by atoms with Gasteiger partial charge in [-0.3, -0.25) is 23.8 Å². The summed E-state index contributed by atoms with van der Waals surface area (Å²) in [5.41, 5.74) is 4.89. The summed E-state index contributed by atoms with van der Waals surface area (Å²) in [4.78, 5) is 35.1. The highest BCUT2D eigenvalue weighted by molar-refractivity contribution is 14.1. The van der Waals surface area contributed by atoms with E-state index in [9.17, 15) is 31.7 Å². The van der Waals surface area contributed by atoms with Crippen LogP contribution in [0, 0.1) is 62.9 Å². The molecule has 0 heterocycles. The van der Waals surface area contributed by atoms with Crippen molar-refractivity contribution < 1.29 is 50.4 Å². The third kappa shape index (κ3) is 19.0. The third-order valence-corrected chi connectivity index (χ3v) is 13.3. The molecule has 0 spiro atoms. The van der Waals surface area contributed by atoms with Crippen LogP contribution in [0.25, 0.3) is 0 Å². The molecule has 6 rings (SSSR count). The van der Waals surface area contributed by atoms with Gasteiger partial charge in [0, 0.05) is 27.9 Å². The fraction of sp³-hybridized carbons (Fsp3) is 0.375. The number of carbonyl (C=O) groups excluding carboxylic acids is 2. The second kappa shape index (κ2) is 29.2. The van der Waals surface area contributed by atoms with Crippen molar-refractivity contribution in [2.45, 2.75) is 65.2 Å². The first-order valence-corrected chi connectivity index (χ1v) is 25.7. The SMILES string of the molecule is C#CCCCCl.CCOP(=O)(CCCC#Cc1ccc(Nc2c(C(=O)NOCC3CC3)ccc(F)c2F)c(Cl)c1)OCC.O=C(NOCC1CC1)c1ccc(F)c(F)c1Nc1ccc(I)cc1Cl. The van der Waals surface area contributed by atoms with Gasteiger partial charge in [-0.05, 0) is 147 Å².